The fourth-order valence-electron chi connectivity index (χ4n) is 1.92. The zero-order valence-corrected chi connectivity index (χ0v) is 11.9. The van der Waals surface area contributed by atoms with E-state index < -0.39 is 0 Å². The fraction of sp³-hybridized carbons (Fsp3) is 0.571. The zero-order chi connectivity index (χ0) is 13.5. The number of aryl methyl sites for hydroxylation is 1. The van der Waals surface area contributed by atoms with E-state index in [4.69, 9.17) is 10.5 Å². The minimum absolute atomic E-state index is 0.203. The smallest absolute Gasteiger partial charge is 0.121 e. The van der Waals surface area contributed by atoms with E-state index in [0.29, 0.717) is 6.54 Å². The normalized spacial score (nSPS) is 12.8. The van der Waals surface area contributed by atoms with Crippen LogP contribution in [0.25, 0.3) is 0 Å². The number of ether oxygens (including phenoxy) is 1. The quantitative estimate of drug-likeness (QED) is 0.763. The summed E-state index contributed by atoms with van der Waals surface area (Å²) in [5.74, 6) is 0.919. The zero-order valence-electron chi connectivity index (χ0n) is 11.9. The molecular weight excluding hydrogens is 226 g/mol. The number of methoxy groups -OCH3 is 1. The Balaban J connectivity index is 2.67. The maximum absolute atomic E-state index is 5.83. The van der Waals surface area contributed by atoms with Gasteiger partial charge < -0.3 is 20.7 Å². The second-order valence-electron chi connectivity index (χ2n) is 4.77. The van der Waals surface area contributed by atoms with Crippen molar-refractivity contribution in [3.8, 4) is 5.75 Å². The number of likely N-dealkylation sites (N-methyl/N-ethyl adjacent to an activating group) is 1. The molecule has 1 aromatic carbocycles. The van der Waals surface area contributed by atoms with Crippen molar-refractivity contribution in [1.29, 1.82) is 0 Å². The van der Waals surface area contributed by atoms with Gasteiger partial charge in [0.25, 0.3) is 0 Å². The average molecular weight is 251 g/mol. The van der Waals surface area contributed by atoms with Gasteiger partial charge >= 0.3 is 0 Å². The molecule has 0 heterocycles. The third-order valence-corrected chi connectivity index (χ3v) is 3.01. The first-order chi connectivity index (χ1) is 8.58. The summed E-state index contributed by atoms with van der Waals surface area (Å²) in [6.07, 6.45) is 0. The van der Waals surface area contributed by atoms with E-state index >= 15 is 0 Å². The van der Waals surface area contributed by atoms with E-state index in [-0.39, 0.29) is 6.04 Å². The number of hydrogen-bond donors (Lipinski definition) is 2. The predicted octanol–water partition coefficient (Wildman–Crippen LogP) is 1.15. The monoisotopic (exact) mass is 251 g/mol. The average Bonchev–Trinajstić information content (AvgIpc) is 2.34. The van der Waals surface area contributed by atoms with Gasteiger partial charge in [0.1, 0.15) is 5.75 Å². The van der Waals surface area contributed by atoms with Gasteiger partial charge in [-0.15, -0.1) is 0 Å². The molecular formula is C14H25N3O. The lowest BCUT2D eigenvalue weighted by Crippen LogP contribution is -2.33. The van der Waals surface area contributed by atoms with E-state index in [0.717, 1.165) is 24.4 Å². The summed E-state index contributed by atoms with van der Waals surface area (Å²) < 4.78 is 5.27. The lowest BCUT2D eigenvalue weighted by Gasteiger charge is -2.20. The Morgan fingerprint density at radius 2 is 2.11 bits per heavy atom. The molecule has 0 aliphatic heterocycles. The fourth-order valence-corrected chi connectivity index (χ4v) is 1.92. The van der Waals surface area contributed by atoms with Crippen molar-refractivity contribution in [2.45, 2.75) is 13.0 Å². The highest BCUT2D eigenvalue weighted by molar-refractivity contribution is 5.37. The van der Waals surface area contributed by atoms with Crippen LogP contribution in [0.15, 0.2) is 18.2 Å². The molecule has 3 N–H and O–H groups in total. The topological polar surface area (TPSA) is 50.5 Å². The van der Waals surface area contributed by atoms with Crippen molar-refractivity contribution in [1.82, 2.24) is 10.2 Å². The Kier molecular flexibility index (Phi) is 6.12. The number of hydrogen-bond acceptors (Lipinski definition) is 4. The number of nitrogens with zero attached hydrogens (tertiary/aromatic N) is 1. The Labute approximate surface area is 110 Å². The molecule has 0 aliphatic rings. The van der Waals surface area contributed by atoms with Crippen LogP contribution in [0.4, 0.5) is 0 Å². The van der Waals surface area contributed by atoms with Gasteiger partial charge in [0.05, 0.1) is 7.11 Å². The van der Waals surface area contributed by atoms with Crippen LogP contribution in [0, 0.1) is 6.92 Å². The van der Waals surface area contributed by atoms with E-state index in [1.807, 2.05) is 6.07 Å². The van der Waals surface area contributed by atoms with E-state index in [9.17, 15) is 0 Å². The maximum atomic E-state index is 5.83. The van der Waals surface area contributed by atoms with Gasteiger partial charge in [-0.3, -0.25) is 0 Å². The van der Waals surface area contributed by atoms with Crippen molar-refractivity contribution < 1.29 is 4.74 Å². The standard InChI is InChI=1S/C14H25N3O/c1-11-9-12(5-6-14(11)18-4)13(10-15)16-7-8-17(2)3/h5-6,9,13,16H,7-8,10,15H2,1-4H3. The van der Waals surface area contributed by atoms with Crippen LogP contribution in [0.1, 0.15) is 17.2 Å². The molecule has 0 radical (unpaired) electrons. The Hall–Kier alpha value is -1.10. The van der Waals surface area contributed by atoms with Crippen LogP contribution in [0.5, 0.6) is 5.75 Å². The van der Waals surface area contributed by atoms with Crippen LogP contribution in [-0.4, -0.2) is 45.7 Å². The second kappa shape index (κ2) is 7.36. The summed E-state index contributed by atoms with van der Waals surface area (Å²) in [7, 11) is 5.82. The lowest BCUT2D eigenvalue weighted by atomic mass is 10.0. The number of nitrogens with two attached hydrogens (primary N) is 1. The van der Waals surface area contributed by atoms with Gasteiger partial charge in [-0.1, -0.05) is 12.1 Å². The third kappa shape index (κ3) is 4.29. The van der Waals surface area contributed by atoms with Gasteiger partial charge in [0.2, 0.25) is 0 Å². The molecule has 0 aromatic heterocycles. The molecule has 18 heavy (non-hydrogen) atoms. The molecule has 0 fully saturated rings. The molecule has 0 spiro atoms. The highest BCUT2D eigenvalue weighted by atomic mass is 16.5. The van der Waals surface area contributed by atoms with Crippen LogP contribution < -0.4 is 15.8 Å². The van der Waals surface area contributed by atoms with Crippen molar-refractivity contribution in [2.24, 2.45) is 5.73 Å². The second-order valence-corrected chi connectivity index (χ2v) is 4.77. The molecule has 4 nitrogen and oxygen atoms in total. The van der Waals surface area contributed by atoms with Crippen LogP contribution in [-0.2, 0) is 0 Å². The molecule has 0 bridgehead atoms. The molecule has 0 saturated carbocycles. The molecule has 1 rings (SSSR count). The van der Waals surface area contributed by atoms with Crippen molar-refractivity contribution in [2.75, 3.05) is 40.8 Å². The number of benzene rings is 1. The summed E-state index contributed by atoms with van der Waals surface area (Å²) in [4.78, 5) is 2.15. The molecule has 0 amide bonds. The first kappa shape index (κ1) is 15.0. The summed E-state index contributed by atoms with van der Waals surface area (Å²) in [5.41, 5.74) is 8.19. The summed E-state index contributed by atoms with van der Waals surface area (Å²) in [6.45, 7) is 4.58. The molecule has 1 unspecified atom stereocenters. The SMILES string of the molecule is COc1ccc(C(CN)NCCN(C)C)cc1C. The predicted molar refractivity (Wildman–Crippen MR) is 76.1 cm³/mol. The van der Waals surface area contributed by atoms with Crippen molar-refractivity contribution >= 4 is 0 Å². The number of nitrogens with one attached hydrogen (secondary N) is 1. The van der Waals surface area contributed by atoms with Crippen LogP contribution >= 0.6 is 0 Å². The van der Waals surface area contributed by atoms with Crippen LogP contribution in [0.3, 0.4) is 0 Å². The highest BCUT2D eigenvalue weighted by Crippen LogP contribution is 2.22. The van der Waals surface area contributed by atoms with Gasteiger partial charge in [-0.2, -0.15) is 0 Å². The molecule has 1 aromatic rings. The lowest BCUT2D eigenvalue weighted by molar-refractivity contribution is 0.385. The van der Waals surface area contributed by atoms with Gasteiger partial charge in [0, 0.05) is 25.7 Å². The Morgan fingerprint density at radius 1 is 1.39 bits per heavy atom. The summed E-state index contributed by atoms with van der Waals surface area (Å²) in [6, 6.07) is 6.42. The molecule has 0 aliphatic carbocycles. The Bertz CT molecular complexity index is 366. The van der Waals surface area contributed by atoms with Gasteiger partial charge in [-0.25, -0.2) is 0 Å². The highest BCUT2D eigenvalue weighted by Gasteiger charge is 2.10. The minimum atomic E-state index is 0.203. The van der Waals surface area contributed by atoms with Crippen LogP contribution in [0.2, 0.25) is 0 Å². The molecule has 0 saturated heterocycles. The summed E-state index contributed by atoms with van der Waals surface area (Å²) >= 11 is 0. The largest absolute Gasteiger partial charge is 0.496 e. The molecule has 4 heteroatoms. The number of rotatable bonds is 7. The third-order valence-electron chi connectivity index (χ3n) is 3.01. The first-order valence-corrected chi connectivity index (χ1v) is 6.31. The maximum Gasteiger partial charge on any atom is 0.121 e. The van der Waals surface area contributed by atoms with E-state index in [2.05, 4.69) is 43.4 Å². The van der Waals surface area contributed by atoms with Crippen molar-refractivity contribution in [3.05, 3.63) is 29.3 Å². The van der Waals surface area contributed by atoms with E-state index in [1.165, 1.54) is 5.56 Å². The van der Waals surface area contributed by atoms with Gasteiger partial charge in [0.15, 0.2) is 0 Å². The minimum Gasteiger partial charge on any atom is -0.496 e. The van der Waals surface area contributed by atoms with E-state index in [1.54, 1.807) is 7.11 Å². The molecule has 102 valence electrons. The van der Waals surface area contributed by atoms with Crippen molar-refractivity contribution in [3.63, 3.8) is 0 Å². The molecule has 1 atom stereocenters. The summed E-state index contributed by atoms with van der Waals surface area (Å²) in [5, 5.41) is 3.47. The van der Waals surface area contributed by atoms with Gasteiger partial charge in [-0.05, 0) is 38.2 Å². The Morgan fingerprint density at radius 3 is 2.61 bits per heavy atom. The first-order valence-electron chi connectivity index (χ1n) is 6.31.